The van der Waals surface area contributed by atoms with Crippen LogP contribution in [0.15, 0.2) is 18.2 Å². The Kier molecular flexibility index (Phi) is 5.04. The van der Waals surface area contributed by atoms with E-state index in [0.29, 0.717) is 24.5 Å². The molecule has 0 saturated carbocycles. The Balaban J connectivity index is 1.83. The third-order valence-electron chi connectivity index (χ3n) is 4.75. The van der Waals surface area contributed by atoms with E-state index in [9.17, 15) is 24.3 Å². The van der Waals surface area contributed by atoms with Gasteiger partial charge in [0.25, 0.3) is 17.7 Å². The van der Waals surface area contributed by atoms with Crippen molar-refractivity contribution in [1.29, 1.82) is 0 Å². The Hall–Kier alpha value is -2.35. The smallest absolute Gasteiger partial charge is 0.330 e. The molecule has 8 heteroatoms. The Labute approximate surface area is 155 Å². The molecule has 1 atom stereocenters. The first-order chi connectivity index (χ1) is 12.4. The molecule has 0 aromatic heterocycles. The van der Waals surface area contributed by atoms with Crippen LogP contribution in [0.5, 0.6) is 0 Å². The number of rotatable bonds is 6. The molecule has 1 saturated heterocycles. The molecule has 0 aliphatic carbocycles. The molecular weight excluding hydrogens is 356 g/mol. The molecule has 2 N–H and O–H groups in total. The SMILES string of the molecule is CCCCN1C(=O)c2ccc(C(=O)NC3(C(=O)O)CCSC3)cc2C1=O. The Morgan fingerprint density at radius 2 is 2.00 bits per heavy atom. The highest BCUT2D eigenvalue weighted by molar-refractivity contribution is 7.99. The zero-order valence-electron chi connectivity index (χ0n) is 14.4. The number of carboxylic acids is 1. The lowest BCUT2D eigenvalue weighted by atomic mass is 9.98. The first-order valence-electron chi connectivity index (χ1n) is 8.53. The summed E-state index contributed by atoms with van der Waals surface area (Å²) in [7, 11) is 0. The van der Waals surface area contributed by atoms with E-state index < -0.39 is 23.3 Å². The topological polar surface area (TPSA) is 104 Å². The number of hydrogen-bond acceptors (Lipinski definition) is 5. The van der Waals surface area contributed by atoms with Crippen LogP contribution in [-0.4, -0.2) is 57.3 Å². The molecule has 3 amide bonds. The van der Waals surface area contributed by atoms with Crippen molar-refractivity contribution < 1.29 is 24.3 Å². The lowest BCUT2D eigenvalue weighted by Crippen LogP contribution is -2.54. The molecule has 138 valence electrons. The van der Waals surface area contributed by atoms with Gasteiger partial charge in [0.1, 0.15) is 5.54 Å². The van der Waals surface area contributed by atoms with Crippen molar-refractivity contribution in [2.75, 3.05) is 18.1 Å². The Morgan fingerprint density at radius 3 is 2.62 bits per heavy atom. The summed E-state index contributed by atoms with van der Waals surface area (Å²) in [6.45, 7) is 2.32. The van der Waals surface area contributed by atoms with Crippen molar-refractivity contribution in [1.82, 2.24) is 10.2 Å². The third-order valence-corrected chi connectivity index (χ3v) is 5.94. The lowest BCUT2D eigenvalue weighted by molar-refractivity contribution is -0.143. The molecule has 3 rings (SSSR count). The minimum absolute atomic E-state index is 0.180. The number of benzene rings is 1. The average Bonchev–Trinajstić information content (AvgIpc) is 3.18. The zero-order valence-corrected chi connectivity index (χ0v) is 15.2. The number of carbonyl (C=O) groups is 4. The molecular formula is C18H20N2O5S. The van der Waals surface area contributed by atoms with E-state index >= 15 is 0 Å². The molecule has 1 unspecified atom stereocenters. The predicted molar refractivity (Wildman–Crippen MR) is 96.5 cm³/mol. The van der Waals surface area contributed by atoms with Crippen LogP contribution in [0, 0.1) is 0 Å². The van der Waals surface area contributed by atoms with Gasteiger partial charge >= 0.3 is 5.97 Å². The van der Waals surface area contributed by atoms with Gasteiger partial charge in [0.05, 0.1) is 11.1 Å². The number of thioether (sulfide) groups is 1. The first-order valence-corrected chi connectivity index (χ1v) is 9.69. The summed E-state index contributed by atoms with van der Waals surface area (Å²) in [6.07, 6.45) is 1.93. The second-order valence-electron chi connectivity index (χ2n) is 6.52. The van der Waals surface area contributed by atoms with Gasteiger partial charge < -0.3 is 10.4 Å². The van der Waals surface area contributed by atoms with Crippen LogP contribution >= 0.6 is 11.8 Å². The first kappa shape index (κ1) is 18.4. The standard InChI is InChI=1S/C18H20N2O5S/c1-2-3-7-20-15(22)12-5-4-11(9-13(12)16(20)23)14(21)19-18(17(24)25)6-8-26-10-18/h4-5,9H,2-3,6-8,10H2,1H3,(H,19,21)(H,24,25). The van der Waals surface area contributed by atoms with E-state index in [-0.39, 0.29) is 22.6 Å². The molecule has 2 heterocycles. The highest BCUT2D eigenvalue weighted by Crippen LogP contribution is 2.29. The highest BCUT2D eigenvalue weighted by atomic mass is 32.2. The Morgan fingerprint density at radius 1 is 1.27 bits per heavy atom. The summed E-state index contributed by atoms with van der Waals surface area (Å²) >= 11 is 1.47. The number of hydrogen-bond donors (Lipinski definition) is 2. The number of aliphatic carboxylic acids is 1. The maximum absolute atomic E-state index is 12.6. The number of unbranched alkanes of at least 4 members (excludes halogenated alkanes) is 1. The van der Waals surface area contributed by atoms with Gasteiger partial charge in [-0.3, -0.25) is 19.3 Å². The van der Waals surface area contributed by atoms with Gasteiger partial charge in [-0.15, -0.1) is 0 Å². The fourth-order valence-electron chi connectivity index (χ4n) is 3.13. The van der Waals surface area contributed by atoms with Crippen LogP contribution in [-0.2, 0) is 4.79 Å². The number of carboxylic acid groups (broad SMARTS) is 1. The number of fused-ring (bicyclic) bond motifs is 1. The van der Waals surface area contributed by atoms with Crippen LogP contribution in [0.2, 0.25) is 0 Å². The van der Waals surface area contributed by atoms with Crippen molar-refractivity contribution in [3.63, 3.8) is 0 Å². The van der Waals surface area contributed by atoms with Crippen LogP contribution in [0.25, 0.3) is 0 Å². The highest BCUT2D eigenvalue weighted by Gasteiger charge is 2.43. The fourth-order valence-corrected chi connectivity index (χ4v) is 4.45. The summed E-state index contributed by atoms with van der Waals surface area (Å²) in [5.41, 5.74) is -0.621. The fraction of sp³-hybridized carbons (Fsp3) is 0.444. The average molecular weight is 376 g/mol. The van der Waals surface area contributed by atoms with E-state index in [4.69, 9.17) is 0 Å². The predicted octanol–water partition coefficient (Wildman–Crippen LogP) is 1.77. The summed E-state index contributed by atoms with van der Waals surface area (Å²) in [4.78, 5) is 50.2. The summed E-state index contributed by atoms with van der Waals surface area (Å²) in [5.74, 6) is -1.40. The largest absolute Gasteiger partial charge is 0.479 e. The van der Waals surface area contributed by atoms with Crippen molar-refractivity contribution >= 4 is 35.5 Å². The maximum Gasteiger partial charge on any atom is 0.330 e. The number of nitrogens with one attached hydrogen (secondary N) is 1. The molecule has 26 heavy (non-hydrogen) atoms. The maximum atomic E-state index is 12.6. The molecule has 1 fully saturated rings. The monoisotopic (exact) mass is 376 g/mol. The van der Waals surface area contributed by atoms with Crippen molar-refractivity contribution in [3.8, 4) is 0 Å². The molecule has 0 bridgehead atoms. The Bertz CT molecular complexity index is 786. The van der Waals surface area contributed by atoms with Crippen LogP contribution in [0.3, 0.4) is 0 Å². The third kappa shape index (κ3) is 3.09. The molecule has 2 aliphatic heterocycles. The van der Waals surface area contributed by atoms with Crippen molar-refractivity contribution in [2.45, 2.75) is 31.7 Å². The van der Waals surface area contributed by atoms with Gasteiger partial charge in [0, 0.05) is 17.9 Å². The van der Waals surface area contributed by atoms with Gasteiger partial charge in [-0.1, -0.05) is 13.3 Å². The minimum atomic E-state index is -1.28. The lowest BCUT2D eigenvalue weighted by Gasteiger charge is -2.24. The molecule has 1 aromatic carbocycles. The van der Waals surface area contributed by atoms with Crippen LogP contribution in [0.1, 0.15) is 57.3 Å². The molecule has 7 nitrogen and oxygen atoms in total. The summed E-state index contributed by atoms with van der Waals surface area (Å²) < 4.78 is 0. The van der Waals surface area contributed by atoms with Crippen molar-refractivity contribution in [2.24, 2.45) is 0 Å². The summed E-state index contributed by atoms with van der Waals surface area (Å²) in [6, 6.07) is 4.31. The van der Waals surface area contributed by atoms with E-state index in [0.717, 1.165) is 12.8 Å². The number of carbonyl (C=O) groups excluding carboxylic acids is 3. The number of imide groups is 1. The molecule has 2 aliphatic rings. The van der Waals surface area contributed by atoms with Gasteiger partial charge in [0.2, 0.25) is 0 Å². The quantitative estimate of drug-likeness (QED) is 0.734. The van der Waals surface area contributed by atoms with E-state index in [2.05, 4.69) is 5.32 Å². The summed E-state index contributed by atoms with van der Waals surface area (Å²) in [5, 5.41) is 12.1. The second kappa shape index (κ2) is 7.11. The minimum Gasteiger partial charge on any atom is -0.479 e. The van der Waals surface area contributed by atoms with Crippen LogP contribution < -0.4 is 5.32 Å². The zero-order chi connectivity index (χ0) is 18.9. The van der Waals surface area contributed by atoms with Gasteiger partial charge in [-0.05, 0) is 36.8 Å². The number of amides is 3. The van der Waals surface area contributed by atoms with Crippen molar-refractivity contribution in [3.05, 3.63) is 34.9 Å². The van der Waals surface area contributed by atoms with Gasteiger partial charge in [0.15, 0.2) is 0 Å². The van der Waals surface area contributed by atoms with Gasteiger partial charge in [-0.2, -0.15) is 11.8 Å². The normalized spacial score (nSPS) is 21.8. The second-order valence-corrected chi connectivity index (χ2v) is 7.63. The molecule has 0 radical (unpaired) electrons. The molecule has 1 aromatic rings. The molecule has 0 spiro atoms. The van der Waals surface area contributed by atoms with E-state index in [1.807, 2.05) is 6.92 Å². The van der Waals surface area contributed by atoms with Gasteiger partial charge in [-0.25, -0.2) is 4.79 Å². The van der Waals surface area contributed by atoms with E-state index in [1.54, 1.807) is 0 Å². The van der Waals surface area contributed by atoms with Crippen LogP contribution in [0.4, 0.5) is 0 Å². The number of nitrogens with zero attached hydrogens (tertiary/aromatic N) is 1. The van der Waals surface area contributed by atoms with E-state index in [1.165, 1.54) is 34.9 Å².